The first-order valence-corrected chi connectivity index (χ1v) is 10.4. The monoisotopic (exact) mass is 359 g/mol. The summed E-state index contributed by atoms with van der Waals surface area (Å²) in [4.78, 5) is 15.5. The first-order valence-electron chi connectivity index (χ1n) is 10.4. The van der Waals surface area contributed by atoms with Crippen LogP contribution in [-0.2, 0) is 7.05 Å². The van der Waals surface area contributed by atoms with E-state index < -0.39 is 5.95 Å². The second-order valence-electron chi connectivity index (χ2n) is 9.77. The Labute approximate surface area is 155 Å². The normalized spacial score (nSPS) is 36.4. The molecule has 1 aromatic heterocycles. The number of nitrogens with zero attached hydrogens (tertiary/aromatic N) is 3. The third kappa shape index (κ3) is 2.38. The molecule has 4 bridgehead atoms. The van der Waals surface area contributed by atoms with Crippen LogP contribution in [0.5, 0.6) is 0 Å². The Morgan fingerprint density at radius 2 is 1.73 bits per heavy atom. The van der Waals surface area contributed by atoms with Gasteiger partial charge in [-0.15, -0.1) is 0 Å². The molecule has 1 atom stereocenters. The first-order chi connectivity index (χ1) is 12.4. The molecule has 5 fully saturated rings. The molecule has 6 rings (SSSR count). The van der Waals surface area contributed by atoms with Gasteiger partial charge in [0.2, 0.25) is 5.95 Å². The van der Waals surface area contributed by atoms with Gasteiger partial charge >= 0.3 is 0 Å². The molecule has 0 aromatic carbocycles. The van der Waals surface area contributed by atoms with Crippen LogP contribution in [0.1, 0.15) is 74.3 Å². The van der Waals surface area contributed by atoms with Gasteiger partial charge in [-0.3, -0.25) is 4.79 Å². The Hall–Kier alpha value is -1.39. The van der Waals surface area contributed by atoms with Crippen molar-refractivity contribution in [3.05, 3.63) is 17.2 Å². The van der Waals surface area contributed by atoms with Crippen LogP contribution in [0, 0.1) is 36.0 Å². The predicted octanol–water partition coefficient (Wildman–Crippen LogP) is 4.08. The maximum Gasteiger partial charge on any atom is 0.260 e. The zero-order valence-electron chi connectivity index (χ0n) is 16.2. The summed E-state index contributed by atoms with van der Waals surface area (Å²) in [6.07, 6.45) is 10.1. The second kappa shape index (κ2) is 5.56. The quantitative estimate of drug-likeness (QED) is 0.812. The van der Waals surface area contributed by atoms with E-state index in [1.54, 1.807) is 14.0 Å². The van der Waals surface area contributed by atoms with Crippen molar-refractivity contribution < 1.29 is 9.18 Å². The van der Waals surface area contributed by atoms with E-state index in [4.69, 9.17) is 0 Å². The number of carbonyl (C=O) groups excluding carboxylic acids is 1. The summed E-state index contributed by atoms with van der Waals surface area (Å²) in [5.41, 5.74) is 0.967. The molecule has 0 saturated heterocycles. The van der Waals surface area contributed by atoms with Crippen molar-refractivity contribution in [2.24, 2.45) is 30.2 Å². The van der Waals surface area contributed by atoms with Crippen molar-refractivity contribution in [1.82, 2.24) is 14.7 Å². The van der Waals surface area contributed by atoms with Crippen molar-refractivity contribution >= 4 is 5.91 Å². The lowest BCUT2D eigenvalue weighted by atomic mass is 9.47. The molecule has 26 heavy (non-hydrogen) atoms. The number of amides is 1. The number of aryl methyl sites for hydroxylation is 2. The predicted molar refractivity (Wildman–Crippen MR) is 97.2 cm³/mol. The number of rotatable bonds is 4. The topological polar surface area (TPSA) is 38.1 Å². The lowest BCUT2D eigenvalue weighted by Crippen LogP contribution is -2.57. The van der Waals surface area contributed by atoms with Gasteiger partial charge in [0.05, 0.1) is 5.69 Å². The minimum atomic E-state index is -0.490. The summed E-state index contributed by atoms with van der Waals surface area (Å²) in [6.45, 7) is 4.00. The van der Waals surface area contributed by atoms with Gasteiger partial charge < -0.3 is 4.90 Å². The van der Waals surface area contributed by atoms with E-state index in [2.05, 4.69) is 16.9 Å². The van der Waals surface area contributed by atoms with E-state index in [0.717, 1.165) is 30.6 Å². The molecular weight excluding hydrogens is 329 g/mol. The molecule has 142 valence electrons. The molecule has 5 saturated carbocycles. The summed E-state index contributed by atoms with van der Waals surface area (Å²) >= 11 is 0. The Balaban J connectivity index is 1.49. The number of carbonyl (C=O) groups is 1. The lowest BCUT2D eigenvalue weighted by Gasteiger charge is -2.60. The lowest BCUT2D eigenvalue weighted by molar-refractivity contribution is -0.0916. The number of aromatic nitrogens is 2. The highest BCUT2D eigenvalue weighted by molar-refractivity contribution is 5.96. The second-order valence-corrected chi connectivity index (χ2v) is 9.77. The van der Waals surface area contributed by atoms with Gasteiger partial charge in [-0.05, 0) is 88.4 Å². The van der Waals surface area contributed by atoms with Crippen LogP contribution in [-0.4, -0.2) is 32.7 Å². The number of hydrogen-bond acceptors (Lipinski definition) is 2. The molecule has 5 aliphatic rings. The Morgan fingerprint density at radius 1 is 1.19 bits per heavy atom. The molecule has 5 heteroatoms. The fraction of sp³-hybridized carbons (Fsp3) is 0.810. The Morgan fingerprint density at radius 3 is 2.15 bits per heavy atom. The minimum absolute atomic E-state index is 0.126. The van der Waals surface area contributed by atoms with Gasteiger partial charge in [-0.1, -0.05) is 0 Å². The molecule has 0 spiro atoms. The molecule has 0 N–H and O–H groups in total. The SMILES string of the molecule is Cc1nn(C)c(F)c1C(=O)N(C1CC1)C(C)C12CC3CC(CC(C3)C1)C2. The average Bonchev–Trinajstić information content (AvgIpc) is 3.34. The summed E-state index contributed by atoms with van der Waals surface area (Å²) in [6, 6.07) is 0.499. The van der Waals surface area contributed by atoms with Crippen molar-refractivity contribution in [2.75, 3.05) is 0 Å². The van der Waals surface area contributed by atoms with Crippen molar-refractivity contribution in [2.45, 2.75) is 77.3 Å². The smallest absolute Gasteiger partial charge is 0.260 e. The molecule has 5 aliphatic carbocycles. The molecule has 1 unspecified atom stereocenters. The molecular formula is C21H30FN3O. The Kier molecular flexibility index (Phi) is 3.58. The fourth-order valence-electron chi connectivity index (χ4n) is 7.00. The fourth-order valence-corrected chi connectivity index (χ4v) is 7.00. The number of halogens is 1. The first kappa shape index (κ1) is 16.8. The highest BCUT2D eigenvalue weighted by Gasteiger charge is 2.56. The van der Waals surface area contributed by atoms with Crippen LogP contribution < -0.4 is 0 Å². The van der Waals surface area contributed by atoms with Crippen LogP contribution in [0.2, 0.25) is 0 Å². The molecule has 0 aliphatic heterocycles. The zero-order chi connectivity index (χ0) is 18.2. The molecule has 0 radical (unpaired) electrons. The molecule has 1 aromatic rings. The Bertz CT molecular complexity index is 715. The van der Waals surface area contributed by atoms with E-state index in [1.807, 2.05) is 0 Å². The maximum absolute atomic E-state index is 14.6. The van der Waals surface area contributed by atoms with Crippen molar-refractivity contribution in [1.29, 1.82) is 0 Å². The van der Waals surface area contributed by atoms with Crippen LogP contribution in [0.15, 0.2) is 0 Å². The highest BCUT2D eigenvalue weighted by Crippen LogP contribution is 2.62. The highest BCUT2D eigenvalue weighted by atomic mass is 19.1. The molecule has 1 amide bonds. The third-order valence-electron chi connectivity index (χ3n) is 7.93. The van der Waals surface area contributed by atoms with Gasteiger partial charge in [0, 0.05) is 19.1 Å². The maximum atomic E-state index is 14.6. The minimum Gasteiger partial charge on any atom is -0.332 e. The molecule has 4 nitrogen and oxygen atoms in total. The van der Waals surface area contributed by atoms with Gasteiger partial charge in [-0.25, -0.2) is 4.68 Å². The zero-order valence-corrected chi connectivity index (χ0v) is 16.2. The van der Waals surface area contributed by atoms with Crippen LogP contribution in [0.4, 0.5) is 4.39 Å². The summed E-state index contributed by atoms with van der Waals surface area (Å²) < 4.78 is 15.8. The summed E-state index contributed by atoms with van der Waals surface area (Å²) in [5.74, 6) is 1.96. The van der Waals surface area contributed by atoms with E-state index >= 15 is 0 Å². The average molecular weight is 359 g/mol. The van der Waals surface area contributed by atoms with Gasteiger partial charge in [0.1, 0.15) is 5.56 Å². The summed E-state index contributed by atoms with van der Waals surface area (Å²) in [5, 5.41) is 4.14. The van der Waals surface area contributed by atoms with Crippen LogP contribution in [0.3, 0.4) is 0 Å². The third-order valence-corrected chi connectivity index (χ3v) is 7.93. The van der Waals surface area contributed by atoms with Gasteiger partial charge in [0.15, 0.2) is 0 Å². The van der Waals surface area contributed by atoms with E-state index in [1.165, 1.54) is 43.2 Å². The van der Waals surface area contributed by atoms with Crippen LogP contribution >= 0.6 is 0 Å². The van der Waals surface area contributed by atoms with Crippen molar-refractivity contribution in [3.8, 4) is 0 Å². The summed E-state index contributed by atoms with van der Waals surface area (Å²) in [7, 11) is 1.57. The van der Waals surface area contributed by atoms with E-state index in [-0.39, 0.29) is 22.9 Å². The number of hydrogen-bond donors (Lipinski definition) is 0. The molecule has 1 heterocycles. The van der Waals surface area contributed by atoms with Crippen molar-refractivity contribution in [3.63, 3.8) is 0 Å². The largest absolute Gasteiger partial charge is 0.332 e. The van der Waals surface area contributed by atoms with Gasteiger partial charge in [-0.2, -0.15) is 9.49 Å². The standard InChI is InChI=1S/C21H30FN3O/c1-12-18(19(22)24(3)23-12)20(26)25(17-4-5-17)13(2)21-9-14-6-15(10-21)8-16(7-14)11-21/h13-17H,4-11H2,1-3H3. The van der Waals surface area contributed by atoms with E-state index in [0.29, 0.717) is 11.7 Å². The van der Waals surface area contributed by atoms with E-state index in [9.17, 15) is 9.18 Å². The van der Waals surface area contributed by atoms with Gasteiger partial charge in [0.25, 0.3) is 5.91 Å². The van der Waals surface area contributed by atoms with Crippen LogP contribution in [0.25, 0.3) is 0 Å².